The van der Waals surface area contributed by atoms with Crippen LogP contribution in [-0.2, 0) is 0 Å². The number of hydrogen-bond donors (Lipinski definition) is 2. The molecule has 0 radical (unpaired) electrons. The van der Waals surface area contributed by atoms with Gasteiger partial charge in [-0.05, 0) is 31.6 Å². The highest BCUT2D eigenvalue weighted by Crippen LogP contribution is 2.29. The molecule has 2 nitrogen and oxygen atoms in total. The Bertz CT molecular complexity index is 577. The molecule has 0 amide bonds. The van der Waals surface area contributed by atoms with Crippen LogP contribution in [0.15, 0.2) is 0 Å². The number of unbranched alkanes of at least 4 members (excludes halogenated alkanes) is 31. The molecule has 53 heavy (non-hydrogen) atoms. The predicted molar refractivity (Wildman–Crippen MR) is 242 cm³/mol. The standard InChI is InChI=1S/C26H54O.C25H52O/c1-4-7-10-12-14-16-18-21-24-26(27,23-20-9-6-3)25-22-19-17-15-13-11-8-5-2;1-3-5-7-9-11-13-15-17-21-25(23-19-20-24-26)22-18-16-14-12-10-8-6-4-2/h27H,4-25H2,1-3H3;25-26H,3-24H2,1-2H3. The number of aliphatic hydroxyl groups excluding tert-OH is 1. The molecule has 0 aliphatic carbocycles. The molecule has 0 rings (SSSR count). The van der Waals surface area contributed by atoms with Crippen molar-refractivity contribution in [1.29, 1.82) is 0 Å². The summed E-state index contributed by atoms with van der Waals surface area (Å²) in [7, 11) is 0. The summed E-state index contributed by atoms with van der Waals surface area (Å²) in [6.07, 6.45) is 58.0. The first-order valence-electron chi connectivity index (χ1n) is 25.4. The Morgan fingerprint density at radius 1 is 0.283 bits per heavy atom. The lowest BCUT2D eigenvalue weighted by molar-refractivity contribution is 0.00715. The van der Waals surface area contributed by atoms with Crippen molar-refractivity contribution in [2.45, 2.75) is 316 Å². The zero-order chi connectivity index (χ0) is 39.2. The predicted octanol–water partition coefficient (Wildman–Crippen LogP) is 18.2. The number of rotatable bonds is 44. The number of aliphatic hydroxyl groups is 2. The second kappa shape index (κ2) is 48.1. The zero-order valence-electron chi connectivity index (χ0n) is 38.1. The molecule has 0 aliphatic heterocycles. The van der Waals surface area contributed by atoms with Crippen LogP contribution in [0.2, 0.25) is 0 Å². The van der Waals surface area contributed by atoms with E-state index in [1.807, 2.05) is 0 Å². The highest BCUT2D eigenvalue weighted by atomic mass is 16.3. The van der Waals surface area contributed by atoms with Crippen LogP contribution in [0.1, 0.15) is 311 Å². The van der Waals surface area contributed by atoms with E-state index in [0.717, 1.165) is 31.6 Å². The molecule has 0 aromatic heterocycles. The van der Waals surface area contributed by atoms with Crippen LogP contribution in [0.5, 0.6) is 0 Å². The van der Waals surface area contributed by atoms with E-state index < -0.39 is 0 Å². The molecule has 2 heteroatoms. The van der Waals surface area contributed by atoms with Crippen molar-refractivity contribution >= 4 is 0 Å². The van der Waals surface area contributed by atoms with Gasteiger partial charge in [0.25, 0.3) is 0 Å². The summed E-state index contributed by atoms with van der Waals surface area (Å²) in [5, 5.41) is 20.2. The van der Waals surface area contributed by atoms with Crippen LogP contribution in [0, 0.1) is 5.92 Å². The van der Waals surface area contributed by atoms with Gasteiger partial charge in [-0.15, -0.1) is 0 Å². The lowest BCUT2D eigenvalue weighted by Crippen LogP contribution is -2.28. The van der Waals surface area contributed by atoms with Crippen LogP contribution in [0.4, 0.5) is 0 Å². The Labute approximate surface area is 338 Å². The molecule has 0 bridgehead atoms. The first-order chi connectivity index (χ1) is 26.0. The summed E-state index contributed by atoms with van der Waals surface area (Å²) < 4.78 is 0. The van der Waals surface area contributed by atoms with Crippen molar-refractivity contribution in [2.24, 2.45) is 5.92 Å². The van der Waals surface area contributed by atoms with E-state index in [2.05, 4.69) is 34.6 Å². The summed E-state index contributed by atoms with van der Waals surface area (Å²) in [5.74, 6) is 0.932. The molecule has 0 fully saturated rings. The van der Waals surface area contributed by atoms with Gasteiger partial charge in [0.15, 0.2) is 0 Å². The van der Waals surface area contributed by atoms with E-state index in [1.54, 1.807) is 0 Å². The minimum Gasteiger partial charge on any atom is -0.396 e. The van der Waals surface area contributed by atoms with Gasteiger partial charge in [-0.25, -0.2) is 0 Å². The highest BCUT2D eigenvalue weighted by Gasteiger charge is 2.25. The van der Waals surface area contributed by atoms with Gasteiger partial charge in [0, 0.05) is 6.61 Å². The monoisotopic (exact) mass is 751 g/mol. The van der Waals surface area contributed by atoms with Gasteiger partial charge in [0.1, 0.15) is 0 Å². The lowest BCUT2D eigenvalue weighted by Gasteiger charge is -2.28. The molecule has 0 heterocycles. The number of hydrogen-bond acceptors (Lipinski definition) is 2. The molecule has 0 aromatic carbocycles. The molecule has 0 unspecified atom stereocenters. The van der Waals surface area contributed by atoms with Crippen molar-refractivity contribution in [1.82, 2.24) is 0 Å². The van der Waals surface area contributed by atoms with Gasteiger partial charge in [0.05, 0.1) is 5.60 Å². The van der Waals surface area contributed by atoms with Crippen LogP contribution < -0.4 is 0 Å². The van der Waals surface area contributed by atoms with Crippen LogP contribution in [0.3, 0.4) is 0 Å². The maximum Gasteiger partial charge on any atom is 0.0647 e. The Kier molecular flexibility index (Phi) is 49.9. The summed E-state index contributed by atoms with van der Waals surface area (Å²) in [4.78, 5) is 0. The fourth-order valence-corrected chi connectivity index (χ4v) is 8.37. The molecule has 0 saturated carbocycles. The Morgan fingerprint density at radius 3 is 0.774 bits per heavy atom. The van der Waals surface area contributed by atoms with Crippen molar-refractivity contribution in [3.63, 3.8) is 0 Å². The second-order valence-corrected chi connectivity index (χ2v) is 17.7. The van der Waals surface area contributed by atoms with Gasteiger partial charge in [-0.1, -0.05) is 285 Å². The van der Waals surface area contributed by atoms with E-state index in [4.69, 9.17) is 5.11 Å². The molecule has 322 valence electrons. The maximum atomic E-state index is 11.2. The van der Waals surface area contributed by atoms with E-state index in [1.165, 1.54) is 250 Å². The lowest BCUT2D eigenvalue weighted by atomic mass is 9.85. The smallest absolute Gasteiger partial charge is 0.0647 e. The fraction of sp³-hybridized carbons (Fsp3) is 1.00. The fourth-order valence-electron chi connectivity index (χ4n) is 8.37. The van der Waals surface area contributed by atoms with Crippen molar-refractivity contribution in [3.05, 3.63) is 0 Å². The molecule has 0 saturated heterocycles. The topological polar surface area (TPSA) is 40.5 Å². The van der Waals surface area contributed by atoms with Crippen molar-refractivity contribution in [3.8, 4) is 0 Å². The molecule has 2 N–H and O–H groups in total. The quantitative estimate of drug-likeness (QED) is 0.0609. The third-order valence-electron chi connectivity index (χ3n) is 12.2. The molecule has 0 aromatic rings. The highest BCUT2D eigenvalue weighted by molar-refractivity contribution is 4.78. The third kappa shape index (κ3) is 46.2. The normalized spacial score (nSPS) is 11.8. The van der Waals surface area contributed by atoms with Crippen molar-refractivity contribution < 1.29 is 10.2 Å². The van der Waals surface area contributed by atoms with Gasteiger partial charge < -0.3 is 10.2 Å². The average molecular weight is 751 g/mol. The van der Waals surface area contributed by atoms with E-state index in [-0.39, 0.29) is 5.60 Å². The van der Waals surface area contributed by atoms with Crippen LogP contribution in [0.25, 0.3) is 0 Å². The van der Waals surface area contributed by atoms with E-state index in [9.17, 15) is 5.11 Å². The SMILES string of the molecule is CCCCCCCCCCC(CCCCO)CCCCCCCCCC.CCCCCCCCCCC(O)(CCCCC)CCCCCCCCCC. The second-order valence-electron chi connectivity index (χ2n) is 17.7. The largest absolute Gasteiger partial charge is 0.396 e. The van der Waals surface area contributed by atoms with Crippen LogP contribution >= 0.6 is 0 Å². The third-order valence-corrected chi connectivity index (χ3v) is 12.2. The maximum absolute atomic E-state index is 11.2. The zero-order valence-corrected chi connectivity index (χ0v) is 38.1. The minimum atomic E-state index is -0.362. The molecule has 0 aliphatic rings. The van der Waals surface area contributed by atoms with Gasteiger partial charge >= 0.3 is 0 Å². The molecule has 0 spiro atoms. The Balaban J connectivity index is 0. The summed E-state index contributed by atoms with van der Waals surface area (Å²) >= 11 is 0. The van der Waals surface area contributed by atoms with Crippen LogP contribution in [-0.4, -0.2) is 22.4 Å². The van der Waals surface area contributed by atoms with Gasteiger partial charge in [-0.2, -0.15) is 0 Å². The Hall–Kier alpha value is -0.0800. The van der Waals surface area contributed by atoms with Gasteiger partial charge in [-0.3, -0.25) is 0 Å². The Morgan fingerprint density at radius 2 is 0.491 bits per heavy atom. The summed E-state index contributed by atoms with van der Waals surface area (Å²) in [6, 6.07) is 0. The summed E-state index contributed by atoms with van der Waals surface area (Å²) in [6.45, 7) is 11.8. The van der Waals surface area contributed by atoms with Crippen molar-refractivity contribution in [2.75, 3.05) is 6.61 Å². The molecular formula is C51H106O2. The molecule has 0 atom stereocenters. The first-order valence-corrected chi connectivity index (χ1v) is 25.4. The molecular weight excluding hydrogens is 645 g/mol. The first kappa shape index (κ1) is 55.0. The minimum absolute atomic E-state index is 0.362. The van der Waals surface area contributed by atoms with E-state index in [0.29, 0.717) is 6.61 Å². The van der Waals surface area contributed by atoms with Gasteiger partial charge in [0.2, 0.25) is 0 Å². The summed E-state index contributed by atoms with van der Waals surface area (Å²) in [5.41, 5.74) is -0.362. The average Bonchev–Trinajstić information content (AvgIpc) is 3.16. The van der Waals surface area contributed by atoms with E-state index >= 15 is 0 Å².